The molecule has 0 spiro atoms. The smallest absolute Gasteiger partial charge is 0.0488 e. The Kier molecular flexibility index (Phi) is 4.99. The summed E-state index contributed by atoms with van der Waals surface area (Å²) in [4.78, 5) is 0. The molecule has 0 aliphatic heterocycles. The molecular formula is C12H18O2S. The van der Waals surface area contributed by atoms with Gasteiger partial charge in [-0.25, -0.2) is 0 Å². The van der Waals surface area contributed by atoms with Crippen molar-refractivity contribution >= 4 is 10.8 Å². The van der Waals surface area contributed by atoms with Crippen LogP contribution in [0.1, 0.15) is 23.1 Å². The number of rotatable bonds is 5. The third-order valence-corrected chi connectivity index (χ3v) is 3.73. The van der Waals surface area contributed by atoms with Crippen LogP contribution in [0.4, 0.5) is 0 Å². The SMILES string of the molecule is Cc1ccc(C)c(CS(=O)CCCO)c1. The molecule has 0 fully saturated rings. The average Bonchev–Trinajstić information content (AvgIpc) is 2.20. The standard InChI is InChI=1S/C12H18O2S/c1-10-4-5-11(2)12(8-10)9-15(14)7-3-6-13/h4-5,8,13H,3,6-7,9H2,1-2H3. The monoisotopic (exact) mass is 226 g/mol. The van der Waals surface area contributed by atoms with Crippen LogP contribution in [-0.2, 0) is 16.6 Å². The van der Waals surface area contributed by atoms with Crippen molar-refractivity contribution in [3.63, 3.8) is 0 Å². The summed E-state index contributed by atoms with van der Waals surface area (Å²) in [5, 5.41) is 8.65. The fraction of sp³-hybridized carbons (Fsp3) is 0.500. The van der Waals surface area contributed by atoms with Crippen LogP contribution < -0.4 is 0 Å². The van der Waals surface area contributed by atoms with Gasteiger partial charge in [-0.2, -0.15) is 0 Å². The Bertz CT molecular complexity index is 347. The molecule has 1 aromatic rings. The Hall–Kier alpha value is -0.670. The molecule has 0 aliphatic carbocycles. The summed E-state index contributed by atoms with van der Waals surface area (Å²) in [6.45, 7) is 4.20. The Morgan fingerprint density at radius 1 is 1.33 bits per heavy atom. The lowest BCUT2D eigenvalue weighted by Crippen LogP contribution is -2.04. The van der Waals surface area contributed by atoms with Crippen LogP contribution >= 0.6 is 0 Å². The number of hydrogen-bond donors (Lipinski definition) is 1. The lowest BCUT2D eigenvalue weighted by molar-refractivity contribution is 0.296. The van der Waals surface area contributed by atoms with Crippen LogP contribution in [0.3, 0.4) is 0 Å². The van der Waals surface area contributed by atoms with Crippen LogP contribution in [0.25, 0.3) is 0 Å². The Labute approximate surface area is 93.8 Å². The molecule has 0 amide bonds. The lowest BCUT2D eigenvalue weighted by Gasteiger charge is -2.06. The highest BCUT2D eigenvalue weighted by atomic mass is 32.2. The van der Waals surface area contributed by atoms with Crippen LogP contribution in [0.15, 0.2) is 18.2 Å². The van der Waals surface area contributed by atoms with E-state index in [0.29, 0.717) is 17.9 Å². The molecule has 1 rings (SSSR count). The zero-order valence-electron chi connectivity index (χ0n) is 9.32. The molecule has 0 radical (unpaired) electrons. The maximum Gasteiger partial charge on any atom is 0.0488 e. The molecule has 84 valence electrons. The number of benzene rings is 1. The minimum atomic E-state index is -0.849. The van der Waals surface area contributed by atoms with E-state index in [1.807, 2.05) is 13.8 Å². The van der Waals surface area contributed by atoms with E-state index in [-0.39, 0.29) is 6.61 Å². The molecule has 0 saturated heterocycles. The second-order valence-corrected chi connectivity index (χ2v) is 5.37. The van der Waals surface area contributed by atoms with E-state index in [2.05, 4.69) is 18.2 Å². The molecule has 0 saturated carbocycles. The fourth-order valence-corrected chi connectivity index (χ4v) is 2.68. The van der Waals surface area contributed by atoms with E-state index in [0.717, 1.165) is 5.56 Å². The van der Waals surface area contributed by atoms with Gasteiger partial charge in [-0.05, 0) is 31.4 Å². The van der Waals surface area contributed by atoms with Crippen LogP contribution in [0.5, 0.6) is 0 Å². The van der Waals surface area contributed by atoms with Crippen molar-refractivity contribution in [2.75, 3.05) is 12.4 Å². The topological polar surface area (TPSA) is 37.3 Å². The van der Waals surface area contributed by atoms with Gasteiger partial charge in [0.25, 0.3) is 0 Å². The van der Waals surface area contributed by atoms with Crippen molar-refractivity contribution in [2.45, 2.75) is 26.0 Å². The van der Waals surface area contributed by atoms with E-state index >= 15 is 0 Å². The van der Waals surface area contributed by atoms with Crippen LogP contribution in [0.2, 0.25) is 0 Å². The molecule has 3 heteroatoms. The molecule has 1 atom stereocenters. The van der Waals surface area contributed by atoms with Gasteiger partial charge >= 0.3 is 0 Å². The van der Waals surface area contributed by atoms with E-state index < -0.39 is 10.8 Å². The first-order valence-electron chi connectivity index (χ1n) is 5.15. The molecular weight excluding hydrogens is 208 g/mol. The second kappa shape index (κ2) is 6.03. The first-order chi connectivity index (χ1) is 7.13. The van der Waals surface area contributed by atoms with Gasteiger partial charge < -0.3 is 5.11 Å². The van der Waals surface area contributed by atoms with Gasteiger partial charge in [0.2, 0.25) is 0 Å². The summed E-state index contributed by atoms with van der Waals surface area (Å²) in [5.41, 5.74) is 3.55. The molecule has 15 heavy (non-hydrogen) atoms. The maximum absolute atomic E-state index is 11.6. The fourth-order valence-electron chi connectivity index (χ4n) is 1.43. The van der Waals surface area contributed by atoms with Crippen molar-refractivity contribution in [3.8, 4) is 0 Å². The molecule has 1 aromatic carbocycles. The van der Waals surface area contributed by atoms with Crippen molar-refractivity contribution in [1.82, 2.24) is 0 Å². The van der Waals surface area contributed by atoms with Crippen molar-refractivity contribution < 1.29 is 9.32 Å². The number of aliphatic hydroxyl groups excluding tert-OH is 1. The normalized spacial score (nSPS) is 12.7. The molecule has 1 unspecified atom stereocenters. The number of aryl methyl sites for hydroxylation is 2. The molecule has 0 aliphatic rings. The third-order valence-electron chi connectivity index (χ3n) is 2.35. The van der Waals surface area contributed by atoms with Gasteiger partial charge in [-0.3, -0.25) is 4.21 Å². The van der Waals surface area contributed by atoms with Crippen LogP contribution in [-0.4, -0.2) is 21.7 Å². The zero-order chi connectivity index (χ0) is 11.3. The highest BCUT2D eigenvalue weighted by Crippen LogP contribution is 2.13. The predicted molar refractivity (Wildman–Crippen MR) is 64.3 cm³/mol. The first-order valence-corrected chi connectivity index (χ1v) is 6.64. The molecule has 2 nitrogen and oxygen atoms in total. The van der Waals surface area contributed by atoms with E-state index in [9.17, 15) is 4.21 Å². The first kappa shape index (κ1) is 12.4. The van der Waals surface area contributed by atoms with E-state index in [1.54, 1.807) is 0 Å². The Balaban J connectivity index is 2.63. The summed E-state index contributed by atoms with van der Waals surface area (Å²) in [6, 6.07) is 6.22. The van der Waals surface area contributed by atoms with Crippen molar-refractivity contribution in [2.24, 2.45) is 0 Å². The summed E-state index contributed by atoms with van der Waals surface area (Å²) >= 11 is 0. The van der Waals surface area contributed by atoms with Gasteiger partial charge in [-0.15, -0.1) is 0 Å². The summed E-state index contributed by atoms with van der Waals surface area (Å²) in [6.07, 6.45) is 0.622. The minimum Gasteiger partial charge on any atom is -0.396 e. The summed E-state index contributed by atoms with van der Waals surface area (Å²) in [5.74, 6) is 1.19. The minimum absolute atomic E-state index is 0.124. The van der Waals surface area contributed by atoms with Gasteiger partial charge in [0, 0.05) is 28.9 Å². The van der Waals surface area contributed by atoms with Crippen molar-refractivity contribution in [3.05, 3.63) is 34.9 Å². The van der Waals surface area contributed by atoms with Gasteiger partial charge in [-0.1, -0.05) is 23.8 Å². The second-order valence-electron chi connectivity index (χ2n) is 3.80. The van der Waals surface area contributed by atoms with Gasteiger partial charge in [0.05, 0.1) is 0 Å². The zero-order valence-corrected chi connectivity index (χ0v) is 10.1. The largest absolute Gasteiger partial charge is 0.396 e. The highest BCUT2D eigenvalue weighted by molar-refractivity contribution is 7.84. The highest BCUT2D eigenvalue weighted by Gasteiger charge is 2.04. The van der Waals surface area contributed by atoms with E-state index in [4.69, 9.17) is 5.11 Å². The van der Waals surface area contributed by atoms with Gasteiger partial charge in [0.15, 0.2) is 0 Å². The molecule has 0 bridgehead atoms. The molecule has 1 N–H and O–H groups in total. The lowest BCUT2D eigenvalue weighted by atomic mass is 10.1. The van der Waals surface area contributed by atoms with E-state index in [1.165, 1.54) is 11.1 Å². The van der Waals surface area contributed by atoms with Crippen LogP contribution in [0, 0.1) is 13.8 Å². The maximum atomic E-state index is 11.6. The van der Waals surface area contributed by atoms with Gasteiger partial charge in [0.1, 0.15) is 0 Å². The quantitative estimate of drug-likeness (QED) is 0.833. The predicted octanol–water partition coefficient (Wildman–Crippen LogP) is 1.93. The number of hydrogen-bond acceptors (Lipinski definition) is 2. The summed E-state index contributed by atoms with van der Waals surface area (Å²) in [7, 11) is -0.849. The summed E-state index contributed by atoms with van der Waals surface area (Å²) < 4.78 is 11.6. The average molecular weight is 226 g/mol. The van der Waals surface area contributed by atoms with Crippen molar-refractivity contribution in [1.29, 1.82) is 0 Å². The molecule has 0 heterocycles. The third kappa shape index (κ3) is 4.14. The Morgan fingerprint density at radius 3 is 2.73 bits per heavy atom. The Morgan fingerprint density at radius 2 is 2.07 bits per heavy atom. The number of aliphatic hydroxyl groups is 1. The molecule has 0 aromatic heterocycles.